The Morgan fingerprint density at radius 2 is 1.02 bits per heavy atom. The van der Waals surface area contributed by atoms with Crippen LogP contribution in [0, 0.1) is 0 Å². The third kappa shape index (κ3) is 6.08. The Hall–Kier alpha value is -6.96. The number of hydrogen-bond donors (Lipinski definition) is 6. The average molecular weight is 803 g/mol. The quantitative estimate of drug-likeness (QED) is 0.101. The fraction of sp³-hybridized carbons (Fsp3) is 0.304. The molecule has 0 radical (unpaired) electrons. The fourth-order valence-electron chi connectivity index (χ4n) is 10.7. The van der Waals surface area contributed by atoms with Crippen LogP contribution in [0.5, 0.6) is 0 Å². The van der Waals surface area contributed by atoms with Crippen LogP contribution in [0.15, 0.2) is 85.2 Å². The van der Waals surface area contributed by atoms with E-state index < -0.39 is 36.1 Å². The maximum absolute atomic E-state index is 13.8. The molecule has 7 aromatic rings. The van der Waals surface area contributed by atoms with Crippen LogP contribution in [0.4, 0.5) is 9.59 Å². The Kier molecular flexibility index (Phi) is 8.33. The highest BCUT2D eigenvalue weighted by Crippen LogP contribution is 2.47. The number of nitrogens with zero attached hydrogens (tertiary/aromatic N) is 4. The Labute approximate surface area is 343 Å². The zero-order valence-corrected chi connectivity index (χ0v) is 32.5. The molecule has 6 N–H and O–H groups in total. The minimum atomic E-state index is -1.13. The number of ketones is 2. The van der Waals surface area contributed by atoms with Crippen LogP contribution in [-0.2, 0) is 35.5 Å². The summed E-state index contributed by atoms with van der Waals surface area (Å²) in [4.78, 5) is 67.6. The number of nitrogens with one attached hydrogen (secondary N) is 4. The first-order valence-electron chi connectivity index (χ1n) is 20.6. The third-order valence-electron chi connectivity index (χ3n) is 13.4. The van der Waals surface area contributed by atoms with E-state index >= 15 is 0 Å². The summed E-state index contributed by atoms with van der Waals surface area (Å²) in [5.74, 6) is 0.563. The SMILES string of the molecule is O=C(O)N[C@H]1CC(=O)C2c3c(ccn3C1)CC[C@@H]2c1nc2ccc(-c3ccc(-c4ccc5nc([C@H]6CCc7ccn8c7C6C(=O)C[C@H](NC(=O)O)C8)[nH]c5c4)cc3)cc2[nH]1. The molecule has 0 fully saturated rings. The van der Waals surface area contributed by atoms with Gasteiger partial charge in [-0.05, 0) is 95.5 Å². The molecule has 3 aromatic carbocycles. The van der Waals surface area contributed by atoms with Gasteiger partial charge in [0.1, 0.15) is 23.2 Å². The maximum atomic E-state index is 13.8. The van der Waals surface area contributed by atoms with E-state index in [-0.39, 0.29) is 36.2 Å². The Balaban J connectivity index is 0.834. The Morgan fingerprint density at radius 3 is 1.43 bits per heavy atom. The van der Waals surface area contributed by atoms with Gasteiger partial charge in [-0.3, -0.25) is 9.59 Å². The highest BCUT2D eigenvalue weighted by atomic mass is 16.4. The molecule has 2 aliphatic heterocycles. The molecule has 60 heavy (non-hydrogen) atoms. The average Bonchev–Trinajstić information content (AvgIpc) is 4.01. The number of rotatable bonds is 6. The summed E-state index contributed by atoms with van der Waals surface area (Å²) < 4.78 is 4.11. The lowest BCUT2D eigenvalue weighted by Gasteiger charge is -2.30. The van der Waals surface area contributed by atoms with Gasteiger partial charge >= 0.3 is 12.2 Å². The van der Waals surface area contributed by atoms with Crippen molar-refractivity contribution in [3.8, 4) is 22.3 Å². The van der Waals surface area contributed by atoms with Gasteiger partial charge in [-0.15, -0.1) is 0 Å². The largest absolute Gasteiger partial charge is 0.465 e. The molecule has 2 unspecified atom stereocenters. The number of fused-ring (bicyclic) bond motifs is 2. The van der Waals surface area contributed by atoms with Gasteiger partial charge < -0.3 is 39.9 Å². The number of aromatic amines is 2. The summed E-state index contributed by atoms with van der Waals surface area (Å²) >= 11 is 0. The first-order valence-corrected chi connectivity index (χ1v) is 20.6. The first-order chi connectivity index (χ1) is 29.1. The van der Waals surface area contributed by atoms with Gasteiger partial charge in [-0.25, -0.2) is 19.6 Å². The highest BCUT2D eigenvalue weighted by molar-refractivity contribution is 5.90. The number of carbonyl (C=O) groups excluding carboxylic acids is 2. The molecular formula is C46H42N8O6. The number of hydrogen-bond acceptors (Lipinski definition) is 6. The van der Waals surface area contributed by atoms with E-state index in [1.165, 1.54) is 0 Å². The van der Waals surface area contributed by atoms with E-state index in [0.717, 1.165) is 104 Å². The normalized spacial score (nSPS) is 23.5. The maximum Gasteiger partial charge on any atom is 0.404 e. The van der Waals surface area contributed by atoms with Crippen LogP contribution < -0.4 is 10.6 Å². The molecule has 0 spiro atoms. The van der Waals surface area contributed by atoms with Crippen LogP contribution in [-0.4, -0.2) is 75.1 Å². The van der Waals surface area contributed by atoms with E-state index in [9.17, 15) is 29.4 Å². The molecule has 11 rings (SSSR count). The summed E-state index contributed by atoms with van der Waals surface area (Å²) in [7, 11) is 0. The standard InChI is InChI=1S/C46H42N8O6/c55-37-19-29(47-45(57)58)21-53-15-13-25-5-9-31(39(37)41(25)53)43-49-33-11-7-27(17-35(33)51-43)23-1-2-24(4-3-23)28-8-12-34-36(18-28)52-44(50-34)32-10-6-26-14-16-54-22-30(48-46(59)60)20-38(56)40(32)42(26)54/h1-4,7-8,11-18,29-32,39-40,47-48H,5-6,9-10,19-22H2,(H,49,51)(H,50,52)(H,57,58)(H,59,60)/t29-,30-,31-,32-,39?,40?/m0/s1. The van der Waals surface area contributed by atoms with E-state index in [2.05, 4.69) is 90.4 Å². The second-order valence-electron chi connectivity index (χ2n) is 16.9. The van der Waals surface area contributed by atoms with Gasteiger partial charge in [0.05, 0.1) is 46.0 Å². The van der Waals surface area contributed by atoms with Crippen molar-refractivity contribution in [2.75, 3.05) is 0 Å². The van der Waals surface area contributed by atoms with Gasteiger partial charge in [0.25, 0.3) is 0 Å². The number of aromatic nitrogens is 6. The van der Waals surface area contributed by atoms with Gasteiger partial charge in [0.15, 0.2) is 0 Å². The number of aryl methyl sites for hydroxylation is 2. The number of H-pyrrole nitrogens is 2. The number of carboxylic acid groups (broad SMARTS) is 2. The Bertz CT molecular complexity index is 2700. The third-order valence-corrected chi connectivity index (χ3v) is 13.4. The molecule has 0 bridgehead atoms. The van der Waals surface area contributed by atoms with Crippen molar-refractivity contribution < 1.29 is 29.4 Å². The van der Waals surface area contributed by atoms with Crippen molar-refractivity contribution in [3.63, 3.8) is 0 Å². The number of carbonyl (C=O) groups is 4. The van der Waals surface area contributed by atoms with Crippen LogP contribution in [0.3, 0.4) is 0 Å². The molecule has 2 amide bonds. The smallest absolute Gasteiger partial charge is 0.404 e. The molecule has 302 valence electrons. The minimum absolute atomic E-state index is 0.0344. The minimum Gasteiger partial charge on any atom is -0.465 e. The molecule has 14 heteroatoms. The molecule has 4 aromatic heterocycles. The molecular weight excluding hydrogens is 761 g/mol. The molecule has 6 atom stereocenters. The molecule has 4 aliphatic rings. The van der Waals surface area contributed by atoms with Crippen molar-refractivity contribution in [2.45, 2.75) is 87.4 Å². The lowest BCUT2D eigenvalue weighted by molar-refractivity contribution is -0.122. The molecule has 0 saturated heterocycles. The lowest BCUT2D eigenvalue weighted by atomic mass is 9.75. The van der Waals surface area contributed by atoms with Crippen LogP contribution in [0.2, 0.25) is 0 Å². The molecule has 14 nitrogen and oxygen atoms in total. The van der Waals surface area contributed by atoms with Gasteiger partial charge in [0, 0.05) is 61.5 Å². The molecule has 6 heterocycles. The predicted molar refractivity (Wildman–Crippen MR) is 222 cm³/mol. The lowest BCUT2D eigenvalue weighted by Crippen LogP contribution is -2.37. The second kappa shape index (κ2) is 13.8. The topological polar surface area (TPSA) is 200 Å². The van der Waals surface area contributed by atoms with E-state index in [4.69, 9.17) is 9.97 Å². The highest BCUT2D eigenvalue weighted by Gasteiger charge is 2.44. The van der Waals surface area contributed by atoms with Crippen LogP contribution >= 0.6 is 0 Å². The fourth-order valence-corrected chi connectivity index (χ4v) is 10.7. The van der Waals surface area contributed by atoms with Crippen molar-refractivity contribution in [1.82, 2.24) is 39.7 Å². The number of imidazole rings is 2. The molecule has 2 aliphatic carbocycles. The van der Waals surface area contributed by atoms with Gasteiger partial charge in [-0.2, -0.15) is 0 Å². The van der Waals surface area contributed by atoms with Crippen molar-refractivity contribution in [3.05, 3.63) is 119 Å². The van der Waals surface area contributed by atoms with Crippen LogP contribution in [0.25, 0.3) is 44.3 Å². The monoisotopic (exact) mass is 802 g/mol. The number of amides is 2. The Morgan fingerprint density at radius 1 is 0.600 bits per heavy atom. The zero-order chi connectivity index (χ0) is 40.8. The second-order valence-corrected chi connectivity index (χ2v) is 16.9. The van der Waals surface area contributed by atoms with Gasteiger partial charge in [0.2, 0.25) is 0 Å². The number of Topliss-reactive ketones (excluding diaryl/α,β-unsaturated/α-hetero) is 2. The van der Waals surface area contributed by atoms with Crippen molar-refractivity contribution >= 4 is 45.8 Å². The zero-order valence-electron chi connectivity index (χ0n) is 32.5. The predicted octanol–water partition coefficient (Wildman–Crippen LogP) is 7.22. The number of benzene rings is 3. The summed E-state index contributed by atoms with van der Waals surface area (Å²) in [6, 6.07) is 24.0. The first kappa shape index (κ1) is 36.1. The van der Waals surface area contributed by atoms with Gasteiger partial charge in [-0.1, -0.05) is 36.4 Å². The van der Waals surface area contributed by atoms with E-state index in [0.29, 0.717) is 13.1 Å². The summed E-state index contributed by atoms with van der Waals surface area (Å²) in [6.45, 7) is 0.855. The van der Waals surface area contributed by atoms with Crippen LogP contribution in [0.1, 0.15) is 83.5 Å². The van der Waals surface area contributed by atoms with Crippen molar-refractivity contribution in [2.24, 2.45) is 0 Å². The summed E-state index contributed by atoms with van der Waals surface area (Å²) in [6.07, 6.45) is 5.18. The molecule has 0 saturated carbocycles. The van der Waals surface area contributed by atoms with E-state index in [1.807, 2.05) is 24.5 Å². The van der Waals surface area contributed by atoms with E-state index in [1.54, 1.807) is 0 Å². The van der Waals surface area contributed by atoms with Crippen molar-refractivity contribution in [1.29, 1.82) is 0 Å². The summed E-state index contributed by atoms with van der Waals surface area (Å²) in [5, 5.41) is 23.8. The summed E-state index contributed by atoms with van der Waals surface area (Å²) in [5.41, 5.74) is 11.9.